The number of anilines is 1. The monoisotopic (exact) mass is 639 g/mol. The number of amides is 1. The summed E-state index contributed by atoms with van der Waals surface area (Å²) >= 11 is 3.37. The molecule has 0 aliphatic carbocycles. The molecule has 0 aliphatic rings. The van der Waals surface area contributed by atoms with Crippen molar-refractivity contribution >= 4 is 50.3 Å². The zero-order valence-corrected chi connectivity index (χ0v) is 24.8. The average molecular weight is 640 g/mol. The number of hydrogen-bond acceptors (Lipinski definition) is 8. The number of nitro benzene ring substituents is 1. The van der Waals surface area contributed by atoms with E-state index >= 15 is 0 Å². The first-order valence-corrected chi connectivity index (χ1v) is 13.6. The Morgan fingerprint density at radius 3 is 2.52 bits per heavy atom. The molecule has 1 heterocycles. The topological polar surface area (TPSA) is 138 Å². The molecule has 0 saturated carbocycles. The molecule has 1 amide bonds. The van der Waals surface area contributed by atoms with E-state index in [0.717, 1.165) is 0 Å². The number of halogens is 2. The predicted octanol–water partition coefficient (Wildman–Crippen LogP) is 5.80. The van der Waals surface area contributed by atoms with Gasteiger partial charge in [-0.3, -0.25) is 19.7 Å². The van der Waals surface area contributed by atoms with Crippen molar-refractivity contribution in [3.8, 4) is 11.5 Å². The third-order valence-corrected chi connectivity index (χ3v) is 6.32. The van der Waals surface area contributed by atoms with Gasteiger partial charge in [0.1, 0.15) is 11.6 Å². The van der Waals surface area contributed by atoms with Crippen LogP contribution in [-0.4, -0.2) is 39.9 Å². The first-order chi connectivity index (χ1) is 19.9. The van der Waals surface area contributed by atoms with E-state index in [4.69, 9.17) is 9.47 Å². The maximum Gasteiger partial charge on any atom is 0.315 e. The molecule has 218 valence electrons. The highest BCUT2D eigenvalue weighted by Crippen LogP contribution is 2.38. The van der Waals surface area contributed by atoms with Gasteiger partial charge >= 0.3 is 5.69 Å². The summed E-state index contributed by atoms with van der Waals surface area (Å²) in [5.41, 5.74) is -0.355. The lowest BCUT2D eigenvalue weighted by Gasteiger charge is -2.21. The standard InChI is InChI=1S/C29H27BrFN5O6/c1-5-41-24-13-17(12-23(36(39)40)26(24)42-16-25(37)33-20-9-7-19(31)8-10-20)15-32-35-27(38)21-14-18(30)6-11-22(21)34-28(35)29(2,3)4/h6-15H,5,16H2,1-4H3,(H,33,37). The highest BCUT2D eigenvalue weighted by molar-refractivity contribution is 9.10. The van der Waals surface area contributed by atoms with E-state index in [1.165, 1.54) is 47.3 Å². The fraction of sp³-hybridized carbons (Fsp3) is 0.241. The number of carbonyl (C=O) groups excluding carboxylic acids is 1. The average Bonchev–Trinajstić information content (AvgIpc) is 2.92. The fourth-order valence-corrected chi connectivity index (χ4v) is 4.32. The molecule has 0 saturated heterocycles. The molecule has 42 heavy (non-hydrogen) atoms. The van der Waals surface area contributed by atoms with Crippen molar-refractivity contribution in [3.05, 3.63) is 96.7 Å². The molecule has 0 radical (unpaired) electrons. The maximum absolute atomic E-state index is 13.4. The molecule has 11 nitrogen and oxygen atoms in total. The molecule has 0 aliphatic heterocycles. The van der Waals surface area contributed by atoms with Gasteiger partial charge in [-0.05, 0) is 55.5 Å². The molecule has 0 unspecified atom stereocenters. The Balaban J connectivity index is 1.71. The third kappa shape index (κ3) is 6.97. The van der Waals surface area contributed by atoms with Crippen molar-refractivity contribution in [2.45, 2.75) is 33.1 Å². The number of nitrogens with one attached hydrogen (secondary N) is 1. The number of ether oxygens (including phenoxy) is 2. The first-order valence-electron chi connectivity index (χ1n) is 12.8. The largest absolute Gasteiger partial charge is 0.490 e. The minimum absolute atomic E-state index is 0.00620. The van der Waals surface area contributed by atoms with Gasteiger partial charge in [-0.15, -0.1) is 0 Å². The minimum atomic E-state index is -0.672. The maximum atomic E-state index is 13.4. The summed E-state index contributed by atoms with van der Waals surface area (Å²) in [5, 5.41) is 19.3. The lowest BCUT2D eigenvalue weighted by atomic mass is 9.95. The van der Waals surface area contributed by atoms with Crippen molar-refractivity contribution in [2.75, 3.05) is 18.5 Å². The normalized spacial score (nSPS) is 11.6. The molecule has 1 N–H and O–H groups in total. The van der Waals surface area contributed by atoms with E-state index in [0.29, 0.717) is 26.9 Å². The number of hydrogen-bond donors (Lipinski definition) is 1. The molecular formula is C29H27BrFN5O6. The van der Waals surface area contributed by atoms with Crippen LogP contribution < -0.4 is 20.3 Å². The molecule has 3 aromatic carbocycles. The summed E-state index contributed by atoms with van der Waals surface area (Å²) in [6, 6.07) is 12.9. The van der Waals surface area contributed by atoms with Crippen molar-refractivity contribution in [1.29, 1.82) is 0 Å². The van der Waals surface area contributed by atoms with E-state index in [1.807, 2.05) is 20.8 Å². The number of nitrogens with zero attached hydrogens (tertiary/aromatic N) is 4. The lowest BCUT2D eigenvalue weighted by Crippen LogP contribution is -2.29. The van der Waals surface area contributed by atoms with E-state index in [2.05, 4.69) is 31.3 Å². The third-order valence-electron chi connectivity index (χ3n) is 5.83. The van der Waals surface area contributed by atoms with Crippen LogP contribution in [-0.2, 0) is 10.2 Å². The zero-order chi connectivity index (χ0) is 30.6. The highest BCUT2D eigenvalue weighted by atomic mass is 79.9. The molecule has 13 heteroatoms. The number of nitro groups is 1. The summed E-state index contributed by atoms with van der Waals surface area (Å²) in [7, 11) is 0. The molecule has 4 aromatic rings. The van der Waals surface area contributed by atoms with Gasteiger partial charge in [0, 0.05) is 27.2 Å². The quantitative estimate of drug-likeness (QED) is 0.139. The molecule has 4 rings (SSSR count). The second-order valence-electron chi connectivity index (χ2n) is 10.1. The van der Waals surface area contributed by atoms with E-state index in [1.54, 1.807) is 25.1 Å². The number of benzene rings is 3. The van der Waals surface area contributed by atoms with Gasteiger partial charge in [-0.2, -0.15) is 9.78 Å². The Bertz CT molecular complexity index is 1750. The van der Waals surface area contributed by atoms with Gasteiger partial charge in [0.25, 0.3) is 11.5 Å². The van der Waals surface area contributed by atoms with E-state index in [-0.39, 0.29) is 23.7 Å². The van der Waals surface area contributed by atoms with Gasteiger partial charge in [0.2, 0.25) is 5.75 Å². The van der Waals surface area contributed by atoms with Crippen LogP contribution >= 0.6 is 15.9 Å². The van der Waals surface area contributed by atoms with Gasteiger partial charge in [0.15, 0.2) is 12.4 Å². The van der Waals surface area contributed by atoms with Crippen molar-refractivity contribution in [3.63, 3.8) is 0 Å². The Kier molecular flexibility index (Phi) is 9.00. The number of aromatic nitrogens is 2. The number of carbonyl (C=O) groups is 1. The van der Waals surface area contributed by atoms with Crippen molar-refractivity contribution in [1.82, 2.24) is 9.66 Å². The number of rotatable bonds is 9. The summed E-state index contributed by atoms with van der Waals surface area (Å²) in [6.45, 7) is 6.93. The van der Waals surface area contributed by atoms with Gasteiger partial charge in [0.05, 0.1) is 28.6 Å². The van der Waals surface area contributed by atoms with Crippen molar-refractivity contribution < 1.29 is 23.6 Å². The summed E-state index contributed by atoms with van der Waals surface area (Å²) < 4.78 is 26.1. The molecular weight excluding hydrogens is 613 g/mol. The smallest absolute Gasteiger partial charge is 0.315 e. The fourth-order valence-electron chi connectivity index (χ4n) is 3.96. The van der Waals surface area contributed by atoms with Crippen molar-refractivity contribution in [2.24, 2.45) is 5.10 Å². The van der Waals surface area contributed by atoms with Gasteiger partial charge < -0.3 is 14.8 Å². The van der Waals surface area contributed by atoms with Gasteiger partial charge in [-0.1, -0.05) is 36.7 Å². The van der Waals surface area contributed by atoms with Crippen LogP contribution in [0.2, 0.25) is 0 Å². The highest BCUT2D eigenvalue weighted by Gasteiger charge is 2.25. The Labute approximate surface area is 248 Å². The Hall–Kier alpha value is -4.65. The molecule has 0 atom stereocenters. The van der Waals surface area contributed by atoms with E-state index < -0.39 is 39.9 Å². The van der Waals surface area contributed by atoms with Crippen LogP contribution in [0.3, 0.4) is 0 Å². The summed E-state index contributed by atoms with van der Waals surface area (Å²) in [6.07, 6.45) is 1.29. The lowest BCUT2D eigenvalue weighted by molar-refractivity contribution is -0.385. The van der Waals surface area contributed by atoms with Crippen LogP contribution in [0, 0.1) is 15.9 Å². The van der Waals surface area contributed by atoms with Crippen LogP contribution in [0.1, 0.15) is 39.1 Å². The minimum Gasteiger partial charge on any atom is -0.490 e. The van der Waals surface area contributed by atoms with Crippen LogP contribution in [0.5, 0.6) is 11.5 Å². The summed E-state index contributed by atoms with van der Waals surface area (Å²) in [5.74, 6) is -0.933. The zero-order valence-electron chi connectivity index (χ0n) is 23.2. The Morgan fingerprint density at radius 2 is 1.88 bits per heavy atom. The molecule has 1 aromatic heterocycles. The van der Waals surface area contributed by atoms with Crippen LogP contribution in [0.4, 0.5) is 15.8 Å². The van der Waals surface area contributed by atoms with E-state index in [9.17, 15) is 24.1 Å². The predicted molar refractivity (Wildman–Crippen MR) is 160 cm³/mol. The van der Waals surface area contributed by atoms with Crippen LogP contribution in [0.25, 0.3) is 10.9 Å². The molecule has 0 bridgehead atoms. The second-order valence-corrected chi connectivity index (χ2v) is 11.0. The Morgan fingerprint density at radius 1 is 1.17 bits per heavy atom. The summed E-state index contributed by atoms with van der Waals surface area (Å²) in [4.78, 5) is 41.8. The molecule has 0 fully saturated rings. The second kappa shape index (κ2) is 12.5. The van der Waals surface area contributed by atoms with Gasteiger partial charge in [-0.25, -0.2) is 9.37 Å². The molecule has 0 spiro atoms. The van der Waals surface area contributed by atoms with Crippen LogP contribution in [0.15, 0.2) is 69.0 Å². The SMILES string of the molecule is CCOc1cc(C=Nn2c(C(C)(C)C)nc3ccc(Br)cc3c2=O)cc([N+](=O)[O-])c1OCC(=O)Nc1ccc(F)cc1. The first kappa shape index (κ1) is 30.3. The number of fused-ring (bicyclic) bond motifs is 1.